The first-order chi connectivity index (χ1) is 16.0. The Morgan fingerprint density at radius 1 is 1.24 bits per heavy atom. The Morgan fingerprint density at radius 2 is 2.06 bits per heavy atom. The molecule has 0 unspecified atom stereocenters. The molecule has 1 aliphatic rings. The fourth-order valence-electron chi connectivity index (χ4n) is 3.60. The Kier molecular flexibility index (Phi) is 6.66. The third kappa shape index (κ3) is 4.86. The number of halogens is 1. The highest BCUT2D eigenvalue weighted by atomic mass is 32.2. The lowest BCUT2D eigenvalue weighted by molar-refractivity contribution is -0.116. The molecule has 9 heteroatoms. The van der Waals surface area contributed by atoms with E-state index in [-0.39, 0.29) is 41.9 Å². The second-order valence-corrected chi connectivity index (χ2v) is 8.19. The number of amides is 1. The SMILES string of the molecule is C#CCOc1ccc([C@H]2CC(=O)Nc3nc(SCc4ccccc4F)[nH]c(=O)c32)cc1OC. The van der Waals surface area contributed by atoms with Gasteiger partial charge >= 0.3 is 0 Å². The van der Waals surface area contributed by atoms with Crippen LogP contribution in [0.25, 0.3) is 0 Å². The molecule has 0 fully saturated rings. The topological polar surface area (TPSA) is 93.3 Å². The van der Waals surface area contributed by atoms with Gasteiger partial charge in [-0.15, -0.1) is 6.42 Å². The van der Waals surface area contributed by atoms with E-state index in [9.17, 15) is 14.0 Å². The molecule has 0 saturated carbocycles. The molecule has 0 bridgehead atoms. The van der Waals surface area contributed by atoms with Crippen LogP contribution in [-0.2, 0) is 10.5 Å². The van der Waals surface area contributed by atoms with Crippen LogP contribution in [0, 0.1) is 18.2 Å². The van der Waals surface area contributed by atoms with Crippen molar-refractivity contribution >= 4 is 23.5 Å². The summed E-state index contributed by atoms with van der Waals surface area (Å²) in [6.07, 6.45) is 5.32. The van der Waals surface area contributed by atoms with Gasteiger partial charge in [-0.1, -0.05) is 41.9 Å². The van der Waals surface area contributed by atoms with Crippen LogP contribution in [0.3, 0.4) is 0 Å². The molecule has 0 aliphatic carbocycles. The number of thioether (sulfide) groups is 1. The maximum Gasteiger partial charge on any atom is 0.257 e. The number of benzene rings is 2. The van der Waals surface area contributed by atoms with Crippen molar-refractivity contribution in [2.45, 2.75) is 23.2 Å². The van der Waals surface area contributed by atoms with Crippen molar-refractivity contribution < 1.29 is 18.7 Å². The number of rotatable bonds is 7. The molecule has 1 aliphatic heterocycles. The monoisotopic (exact) mass is 465 g/mol. The summed E-state index contributed by atoms with van der Waals surface area (Å²) in [7, 11) is 1.50. The van der Waals surface area contributed by atoms with E-state index >= 15 is 0 Å². The zero-order valence-electron chi connectivity index (χ0n) is 17.7. The van der Waals surface area contributed by atoms with Gasteiger partial charge in [-0.25, -0.2) is 9.37 Å². The molecule has 1 aromatic heterocycles. The Balaban J connectivity index is 1.65. The highest BCUT2D eigenvalue weighted by Crippen LogP contribution is 2.38. The zero-order valence-corrected chi connectivity index (χ0v) is 18.5. The molecule has 2 N–H and O–H groups in total. The number of aromatic amines is 1. The Hall–Kier alpha value is -3.77. The Bertz CT molecular complexity index is 1300. The van der Waals surface area contributed by atoms with Crippen molar-refractivity contribution in [3.05, 3.63) is 75.3 Å². The van der Waals surface area contributed by atoms with Gasteiger partial charge in [-0.05, 0) is 29.3 Å². The smallest absolute Gasteiger partial charge is 0.257 e. The number of hydrogen-bond acceptors (Lipinski definition) is 6. The van der Waals surface area contributed by atoms with Crippen molar-refractivity contribution in [2.75, 3.05) is 19.0 Å². The van der Waals surface area contributed by atoms with Gasteiger partial charge in [-0.3, -0.25) is 9.59 Å². The summed E-state index contributed by atoms with van der Waals surface area (Å²) in [5.74, 6) is 2.66. The third-order valence-electron chi connectivity index (χ3n) is 5.15. The van der Waals surface area contributed by atoms with Gasteiger partial charge in [0.05, 0.1) is 12.7 Å². The van der Waals surface area contributed by atoms with Gasteiger partial charge in [-0.2, -0.15) is 0 Å². The van der Waals surface area contributed by atoms with Crippen molar-refractivity contribution in [3.63, 3.8) is 0 Å². The predicted octanol–water partition coefficient (Wildman–Crippen LogP) is 3.70. The number of anilines is 1. The zero-order chi connectivity index (χ0) is 23.4. The molecule has 2 heterocycles. The average Bonchev–Trinajstić information content (AvgIpc) is 2.81. The number of aromatic nitrogens is 2. The molecule has 1 amide bonds. The Labute approximate surface area is 193 Å². The van der Waals surface area contributed by atoms with Crippen LogP contribution < -0.4 is 20.3 Å². The van der Waals surface area contributed by atoms with E-state index in [0.717, 1.165) is 0 Å². The molecule has 0 saturated heterocycles. The molecule has 3 aromatic rings. The van der Waals surface area contributed by atoms with Crippen LogP contribution in [0.2, 0.25) is 0 Å². The van der Waals surface area contributed by atoms with Gasteiger partial charge in [0.25, 0.3) is 5.56 Å². The number of carbonyl (C=O) groups excluding carboxylic acids is 1. The van der Waals surface area contributed by atoms with Crippen molar-refractivity contribution in [3.8, 4) is 23.8 Å². The maximum absolute atomic E-state index is 13.9. The molecule has 4 rings (SSSR count). The number of hydrogen-bond donors (Lipinski definition) is 2. The molecular formula is C24H20FN3O4S. The first kappa shape index (κ1) is 22.4. The number of methoxy groups -OCH3 is 1. The molecule has 7 nitrogen and oxygen atoms in total. The predicted molar refractivity (Wildman–Crippen MR) is 123 cm³/mol. The highest BCUT2D eigenvalue weighted by molar-refractivity contribution is 7.98. The van der Waals surface area contributed by atoms with E-state index in [2.05, 4.69) is 21.2 Å². The largest absolute Gasteiger partial charge is 0.493 e. The van der Waals surface area contributed by atoms with Gasteiger partial charge in [0.15, 0.2) is 16.7 Å². The second-order valence-electron chi connectivity index (χ2n) is 7.22. The van der Waals surface area contributed by atoms with E-state index in [1.807, 2.05) is 0 Å². The standard InChI is InChI=1S/C24H20FN3O4S/c1-3-10-32-18-9-8-14(11-19(18)31-2)16-12-20(29)26-22-21(16)23(30)28-24(27-22)33-13-15-6-4-5-7-17(15)25/h1,4-9,11,16H,10,12-13H2,2H3,(H2,26,27,28,29,30)/t16-/m1/s1. The van der Waals surface area contributed by atoms with E-state index in [4.69, 9.17) is 15.9 Å². The number of carbonyl (C=O) groups is 1. The summed E-state index contributed by atoms with van der Waals surface area (Å²) < 4.78 is 24.8. The number of ether oxygens (including phenoxy) is 2. The number of H-pyrrole nitrogens is 1. The number of fused-ring (bicyclic) bond motifs is 1. The van der Waals surface area contributed by atoms with Gasteiger partial charge in [0.1, 0.15) is 18.2 Å². The number of nitrogens with zero attached hydrogens (tertiary/aromatic N) is 1. The minimum atomic E-state index is -0.522. The van der Waals surface area contributed by atoms with Gasteiger partial charge < -0.3 is 19.8 Å². The van der Waals surface area contributed by atoms with Crippen LogP contribution in [0.4, 0.5) is 10.2 Å². The molecule has 0 spiro atoms. The van der Waals surface area contributed by atoms with Crippen LogP contribution in [-0.4, -0.2) is 29.6 Å². The third-order valence-corrected chi connectivity index (χ3v) is 6.07. The van der Waals surface area contributed by atoms with E-state index in [0.29, 0.717) is 33.3 Å². The summed E-state index contributed by atoms with van der Waals surface area (Å²) in [5.41, 5.74) is 1.18. The van der Waals surface area contributed by atoms with Crippen LogP contribution >= 0.6 is 11.8 Å². The van der Waals surface area contributed by atoms with Crippen LogP contribution in [0.15, 0.2) is 52.4 Å². The lowest BCUT2D eigenvalue weighted by Gasteiger charge is -2.25. The van der Waals surface area contributed by atoms with Crippen molar-refractivity contribution in [1.29, 1.82) is 0 Å². The summed E-state index contributed by atoms with van der Waals surface area (Å²) in [6.45, 7) is 0.0846. The quantitative estimate of drug-likeness (QED) is 0.314. The molecule has 2 aromatic carbocycles. The van der Waals surface area contributed by atoms with E-state index in [1.165, 1.54) is 24.9 Å². The Morgan fingerprint density at radius 3 is 2.82 bits per heavy atom. The van der Waals surface area contributed by atoms with Crippen molar-refractivity contribution in [1.82, 2.24) is 9.97 Å². The average molecular weight is 466 g/mol. The first-order valence-corrected chi connectivity index (χ1v) is 11.0. The molecular weight excluding hydrogens is 445 g/mol. The first-order valence-electron chi connectivity index (χ1n) is 10.0. The lowest BCUT2D eigenvalue weighted by Crippen LogP contribution is -2.31. The summed E-state index contributed by atoms with van der Waals surface area (Å²) in [6, 6.07) is 11.6. The van der Waals surface area contributed by atoms with Gasteiger partial charge in [0, 0.05) is 18.1 Å². The fourth-order valence-corrected chi connectivity index (χ4v) is 4.45. The summed E-state index contributed by atoms with van der Waals surface area (Å²) >= 11 is 1.18. The fraction of sp³-hybridized carbons (Fsp3) is 0.208. The molecule has 0 radical (unpaired) electrons. The second kappa shape index (κ2) is 9.79. The van der Waals surface area contributed by atoms with Crippen LogP contribution in [0.5, 0.6) is 11.5 Å². The normalized spacial score (nSPS) is 14.7. The van der Waals surface area contributed by atoms with E-state index in [1.54, 1.807) is 36.4 Å². The number of terminal acetylenes is 1. The lowest BCUT2D eigenvalue weighted by atomic mass is 9.86. The van der Waals surface area contributed by atoms with Gasteiger partial charge in [0.2, 0.25) is 5.91 Å². The maximum atomic E-state index is 13.9. The molecule has 33 heavy (non-hydrogen) atoms. The number of nitrogens with one attached hydrogen (secondary N) is 2. The molecule has 168 valence electrons. The van der Waals surface area contributed by atoms with Crippen LogP contribution in [0.1, 0.15) is 29.0 Å². The molecule has 1 atom stereocenters. The minimum Gasteiger partial charge on any atom is -0.493 e. The summed E-state index contributed by atoms with van der Waals surface area (Å²) in [4.78, 5) is 32.6. The highest BCUT2D eigenvalue weighted by Gasteiger charge is 2.31. The minimum absolute atomic E-state index is 0.0766. The van der Waals surface area contributed by atoms with Crippen molar-refractivity contribution in [2.24, 2.45) is 0 Å². The van der Waals surface area contributed by atoms with E-state index < -0.39 is 5.92 Å². The summed E-state index contributed by atoms with van der Waals surface area (Å²) in [5, 5.41) is 2.97.